The van der Waals surface area contributed by atoms with Crippen molar-refractivity contribution in [2.75, 3.05) is 6.61 Å². The zero-order valence-electron chi connectivity index (χ0n) is 17.2. The third-order valence-corrected chi connectivity index (χ3v) is 5.84. The van der Waals surface area contributed by atoms with Gasteiger partial charge in [-0.2, -0.15) is 0 Å². The van der Waals surface area contributed by atoms with Crippen molar-refractivity contribution in [2.45, 2.75) is 72.1 Å². The van der Waals surface area contributed by atoms with Gasteiger partial charge in [0, 0.05) is 24.4 Å². The van der Waals surface area contributed by atoms with Crippen LogP contribution in [0, 0.1) is 18.8 Å². The van der Waals surface area contributed by atoms with Gasteiger partial charge in [0.05, 0.1) is 6.61 Å². The van der Waals surface area contributed by atoms with Gasteiger partial charge in [-0.25, -0.2) is 9.97 Å². The summed E-state index contributed by atoms with van der Waals surface area (Å²) in [4.78, 5) is 8.97. The molecule has 0 spiro atoms. The number of rotatable bonds is 8. The highest BCUT2D eigenvalue weighted by Crippen LogP contribution is 2.32. The molecule has 0 radical (unpaired) electrons. The zero-order valence-corrected chi connectivity index (χ0v) is 17.2. The van der Waals surface area contributed by atoms with Gasteiger partial charge in [-0.05, 0) is 61.3 Å². The molecule has 3 rings (SSSR count). The maximum Gasteiger partial charge on any atom is 0.128 e. The number of aryl methyl sites for hydroxylation is 2. The molecule has 2 aromatic rings. The van der Waals surface area contributed by atoms with Crippen molar-refractivity contribution in [3.8, 4) is 16.9 Å². The molecule has 1 aromatic heterocycles. The highest BCUT2D eigenvalue weighted by molar-refractivity contribution is 5.66. The van der Waals surface area contributed by atoms with E-state index >= 15 is 0 Å². The van der Waals surface area contributed by atoms with Crippen LogP contribution in [-0.2, 0) is 6.42 Å². The molecule has 0 N–H and O–H groups in total. The molecule has 0 saturated heterocycles. The van der Waals surface area contributed by atoms with E-state index < -0.39 is 0 Å². The molecular formula is C24H34N2O. The smallest absolute Gasteiger partial charge is 0.128 e. The Bertz CT molecular complexity index is 703. The predicted octanol–water partition coefficient (Wildman–Crippen LogP) is 6.39. The molecule has 1 aliphatic carbocycles. The molecule has 0 aliphatic heterocycles. The lowest BCUT2D eigenvalue weighted by atomic mass is 9.80. The van der Waals surface area contributed by atoms with Gasteiger partial charge in [0.25, 0.3) is 0 Å². The first-order valence-corrected chi connectivity index (χ1v) is 10.7. The Balaban J connectivity index is 1.55. The van der Waals surface area contributed by atoms with Gasteiger partial charge in [0.15, 0.2) is 0 Å². The second-order valence-electron chi connectivity index (χ2n) is 8.10. The first kappa shape index (κ1) is 19.9. The minimum Gasteiger partial charge on any atom is -0.493 e. The van der Waals surface area contributed by atoms with E-state index in [1.54, 1.807) is 0 Å². The molecule has 1 heterocycles. The molecule has 146 valence electrons. The average molecular weight is 367 g/mol. The average Bonchev–Trinajstić information content (AvgIpc) is 2.69. The summed E-state index contributed by atoms with van der Waals surface area (Å²) in [6.45, 7) is 7.44. The zero-order chi connectivity index (χ0) is 19.1. The molecular weight excluding hydrogens is 332 g/mol. The van der Waals surface area contributed by atoms with Gasteiger partial charge in [-0.3, -0.25) is 0 Å². The molecule has 1 saturated carbocycles. The lowest BCUT2D eigenvalue weighted by Gasteiger charge is -2.28. The van der Waals surface area contributed by atoms with E-state index in [0.717, 1.165) is 48.4 Å². The molecule has 1 aromatic carbocycles. The number of nitrogens with zero attached hydrogens (tertiary/aromatic N) is 2. The molecule has 0 bridgehead atoms. The van der Waals surface area contributed by atoms with Crippen LogP contribution in [0.25, 0.3) is 11.1 Å². The van der Waals surface area contributed by atoms with Crippen LogP contribution in [-0.4, -0.2) is 16.6 Å². The Hall–Kier alpha value is -1.90. The van der Waals surface area contributed by atoms with Crippen molar-refractivity contribution in [1.29, 1.82) is 0 Å². The van der Waals surface area contributed by atoms with Gasteiger partial charge in [-0.15, -0.1) is 0 Å². The monoisotopic (exact) mass is 366 g/mol. The Kier molecular flexibility index (Phi) is 7.25. The summed E-state index contributed by atoms with van der Waals surface area (Å²) in [6, 6.07) is 6.38. The largest absolute Gasteiger partial charge is 0.493 e. The first-order chi connectivity index (χ1) is 13.2. The maximum absolute atomic E-state index is 6.13. The Morgan fingerprint density at radius 1 is 0.963 bits per heavy atom. The van der Waals surface area contributed by atoms with Gasteiger partial charge >= 0.3 is 0 Å². The summed E-state index contributed by atoms with van der Waals surface area (Å²) in [5.74, 6) is 3.58. The van der Waals surface area contributed by atoms with Gasteiger partial charge in [0.1, 0.15) is 11.6 Å². The Morgan fingerprint density at radius 3 is 2.30 bits per heavy atom. The third kappa shape index (κ3) is 5.54. The molecule has 27 heavy (non-hydrogen) atoms. The van der Waals surface area contributed by atoms with Crippen LogP contribution in [0.4, 0.5) is 0 Å². The van der Waals surface area contributed by atoms with E-state index in [9.17, 15) is 0 Å². The summed E-state index contributed by atoms with van der Waals surface area (Å²) >= 11 is 0. The van der Waals surface area contributed by atoms with Crippen LogP contribution < -0.4 is 4.74 Å². The second kappa shape index (κ2) is 9.87. The van der Waals surface area contributed by atoms with Crippen LogP contribution in [0.1, 0.15) is 70.2 Å². The normalized spacial score (nSPS) is 19.8. The van der Waals surface area contributed by atoms with Crippen molar-refractivity contribution < 1.29 is 4.74 Å². The molecule has 0 unspecified atom stereocenters. The lowest BCUT2D eigenvalue weighted by molar-refractivity contribution is 0.178. The summed E-state index contributed by atoms with van der Waals surface area (Å²) in [7, 11) is 0. The second-order valence-corrected chi connectivity index (χ2v) is 8.10. The lowest BCUT2D eigenvalue weighted by Crippen LogP contribution is -2.20. The third-order valence-electron chi connectivity index (χ3n) is 5.84. The fourth-order valence-electron chi connectivity index (χ4n) is 4.21. The molecule has 1 aliphatic rings. The SMILES string of the molecule is CCCc1ncc(-c2ccc(OCC3CCC(CCC)CC3)cc2C)cn1. The minimum absolute atomic E-state index is 0.720. The van der Waals surface area contributed by atoms with E-state index in [0.29, 0.717) is 0 Å². The van der Waals surface area contributed by atoms with E-state index in [4.69, 9.17) is 4.74 Å². The number of hydrogen-bond donors (Lipinski definition) is 0. The van der Waals surface area contributed by atoms with Crippen LogP contribution in [0.5, 0.6) is 5.75 Å². The number of benzene rings is 1. The molecule has 0 atom stereocenters. The molecule has 1 fully saturated rings. The Morgan fingerprint density at radius 2 is 1.67 bits per heavy atom. The Labute approximate surface area is 164 Å². The van der Waals surface area contributed by atoms with Crippen molar-refractivity contribution in [3.63, 3.8) is 0 Å². The van der Waals surface area contributed by atoms with Crippen molar-refractivity contribution in [1.82, 2.24) is 9.97 Å². The van der Waals surface area contributed by atoms with Gasteiger partial charge in [-0.1, -0.05) is 45.6 Å². The fourth-order valence-corrected chi connectivity index (χ4v) is 4.21. The number of hydrogen-bond acceptors (Lipinski definition) is 3. The topological polar surface area (TPSA) is 35.0 Å². The van der Waals surface area contributed by atoms with Crippen molar-refractivity contribution in [3.05, 3.63) is 42.0 Å². The highest BCUT2D eigenvalue weighted by Gasteiger charge is 2.21. The quantitative estimate of drug-likeness (QED) is 0.543. The summed E-state index contributed by atoms with van der Waals surface area (Å²) in [5.41, 5.74) is 3.48. The summed E-state index contributed by atoms with van der Waals surface area (Å²) in [5, 5.41) is 0. The highest BCUT2D eigenvalue weighted by atomic mass is 16.5. The predicted molar refractivity (Wildman–Crippen MR) is 112 cm³/mol. The van der Waals surface area contributed by atoms with Crippen LogP contribution in [0.15, 0.2) is 30.6 Å². The first-order valence-electron chi connectivity index (χ1n) is 10.7. The number of aromatic nitrogens is 2. The van der Waals surface area contributed by atoms with Crippen molar-refractivity contribution in [2.24, 2.45) is 11.8 Å². The van der Waals surface area contributed by atoms with E-state index in [2.05, 4.69) is 48.9 Å². The summed E-state index contributed by atoms with van der Waals surface area (Å²) in [6.07, 6.45) is 14.0. The van der Waals surface area contributed by atoms with Crippen LogP contribution in [0.3, 0.4) is 0 Å². The maximum atomic E-state index is 6.13. The molecule has 3 heteroatoms. The van der Waals surface area contributed by atoms with E-state index in [1.807, 2.05) is 12.4 Å². The molecule has 3 nitrogen and oxygen atoms in total. The van der Waals surface area contributed by atoms with Gasteiger partial charge < -0.3 is 4.74 Å². The van der Waals surface area contributed by atoms with E-state index in [1.165, 1.54) is 49.7 Å². The van der Waals surface area contributed by atoms with Gasteiger partial charge in [0.2, 0.25) is 0 Å². The number of ether oxygens (including phenoxy) is 1. The van der Waals surface area contributed by atoms with Crippen molar-refractivity contribution >= 4 is 0 Å². The fraction of sp³-hybridized carbons (Fsp3) is 0.583. The molecule has 0 amide bonds. The minimum atomic E-state index is 0.720. The summed E-state index contributed by atoms with van der Waals surface area (Å²) < 4.78 is 6.13. The van der Waals surface area contributed by atoms with E-state index in [-0.39, 0.29) is 0 Å². The van der Waals surface area contributed by atoms with Crippen LogP contribution >= 0.6 is 0 Å². The standard InChI is InChI=1S/C24H34N2O/c1-4-6-19-8-10-20(11-9-19)17-27-22-12-13-23(18(3)14-22)21-15-25-24(7-5-2)26-16-21/h12-16,19-20H,4-11,17H2,1-3H3. The van der Waals surface area contributed by atoms with Crippen LogP contribution in [0.2, 0.25) is 0 Å².